The van der Waals surface area contributed by atoms with E-state index in [1.807, 2.05) is 13.8 Å². The summed E-state index contributed by atoms with van der Waals surface area (Å²) in [6, 6.07) is 0. The van der Waals surface area contributed by atoms with E-state index < -0.39 is 0 Å². The van der Waals surface area contributed by atoms with Crippen LogP contribution in [0.1, 0.15) is 46.0 Å². The van der Waals surface area contributed by atoms with E-state index in [0.29, 0.717) is 24.7 Å². The van der Waals surface area contributed by atoms with Crippen LogP contribution in [-0.4, -0.2) is 25.1 Å². The summed E-state index contributed by atoms with van der Waals surface area (Å²) in [6.07, 6.45) is 2.70. The number of alkyl halides is 1. The Bertz CT molecular complexity index is 523. The average Bonchev–Trinajstić information content (AvgIpc) is 2.44. The van der Waals surface area contributed by atoms with Gasteiger partial charge in [-0.1, -0.05) is 0 Å². The van der Waals surface area contributed by atoms with E-state index in [2.05, 4.69) is 6.92 Å². The lowest BCUT2D eigenvalue weighted by atomic mass is 9.87. The molecule has 1 heterocycles. The lowest BCUT2D eigenvalue weighted by Crippen LogP contribution is -2.19. The molecule has 4 heteroatoms. The molecule has 0 spiro atoms. The van der Waals surface area contributed by atoms with Crippen LogP contribution in [0.15, 0.2) is 0 Å². The Morgan fingerprint density at radius 3 is 2.75 bits per heavy atom. The molecule has 0 fully saturated rings. The third-order valence-electron chi connectivity index (χ3n) is 3.88. The van der Waals surface area contributed by atoms with Gasteiger partial charge < -0.3 is 9.47 Å². The molecule has 0 radical (unpaired) electrons. The first-order chi connectivity index (χ1) is 9.61. The lowest BCUT2D eigenvalue weighted by Gasteiger charge is -2.26. The van der Waals surface area contributed by atoms with Crippen LogP contribution in [0.5, 0.6) is 5.75 Å². The number of halogens is 1. The van der Waals surface area contributed by atoms with Gasteiger partial charge in [0, 0.05) is 5.88 Å². The molecule has 0 N–H and O–H groups in total. The minimum atomic E-state index is -0.293. The van der Waals surface area contributed by atoms with Crippen molar-refractivity contribution >= 4 is 17.6 Å². The van der Waals surface area contributed by atoms with Gasteiger partial charge in [0.15, 0.2) is 0 Å². The van der Waals surface area contributed by atoms with Gasteiger partial charge in [-0.3, -0.25) is 0 Å². The molecule has 0 saturated carbocycles. The highest BCUT2D eigenvalue weighted by molar-refractivity contribution is 6.18. The van der Waals surface area contributed by atoms with Crippen molar-refractivity contribution in [1.29, 1.82) is 0 Å². The molecule has 0 atom stereocenters. The summed E-state index contributed by atoms with van der Waals surface area (Å²) in [5, 5.41) is 0. The van der Waals surface area contributed by atoms with Gasteiger partial charge in [-0.25, -0.2) is 4.79 Å². The topological polar surface area (TPSA) is 35.5 Å². The first kappa shape index (κ1) is 15.2. The largest absolute Gasteiger partial charge is 0.492 e. The van der Waals surface area contributed by atoms with Crippen molar-refractivity contribution < 1.29 is 14.3 Å². The second-order valence-electron chi connectivity index (χ2n) is 5.02. The first-order valence-electron chi connectivity index (χ1n) is 7.12. The molecule has 1 aromatic carbocycles. The molecule has 0 aliphatic carbocycles. The smallest absolute Gasteiger partial charge is 0.342 e. The molecule has 0 saturated heterocycles. The maximum atomic E-state index is 12.3. The van der Waals surface area contributed by atoms with E-state index in [-0.39, 0.29) is 5.97 Å². The van der Waals surface area contributed by atoms with Crippen LogP contribution in [0.2, 0.25) is 0 Å². The predicted molar refractivity (Wildman–Crippen MR) is 80.1 cm³/mol. The van der Waals surface area contributed by atoms with Gasteiger partial charge in [0.2, 0.25) is 0 Å². The Hall–Kier alpha value is -1.22. The fourth-order valence-corrected chi connectivity index (χ4v) is 3.10. The molecule has 1 aliphatic heterocycles. The molecule has 0 amide bonds. The van der Waals surface area contributed by atoms with Crippen LogP contribution in [0.3, 0.4) is 0 Å². The highest BCUT2D eigenvalue weighted by atomic mass is 35.5. The number of carbonyl (C=O) groups is 1. The highest BCUT2D eigenvalue weighted by Gasteiger charge is 2.27. The van der Waals surface area contributed by atoms with Gasteiger partial charge in [0.25, 0.3) is 0 Å². The summed E-state index contributed by atoms with van der Waals surface area (Å²) in [6.45, 7) is 6.89. The monoisotopic (exact) mass is 296 g/mol. The number of rotatable bonds is 4. The van der Waals surface area contributed by atoms with Crippen molar-refractivity contribution in [1.82, 2.24) is 0 Å². The minimum Gasteiger partial charge on any atom is -0.492 e. The number of esters is 1. The molecule has 0 unspecified atom stereocenters. The fourth-order valence-electron chi connectivity index (χ4n) is 2.91. The van der Waals surface area contributed by atoms with E-state index in [1.165, 1.54) is 5.56 Å². The molecule has 20 heavy (non-hydrogen) atoms. The van der Waals surface area contributed by atoms with Crippen molar-refractivity contribution in [2.75, 3.05) is 19.1 Å². The second-order valence-corrected chi connectivity index (χ2v) is 5.40. The van der Waals surface area contributed by atoms with Gasteiger partial charge in [0.1, 0.15) is 11.3 Å². The standard InChI is InChI=1S/C16H21ClO3/c1-4-19-16(18)14-11(3)12(7-8-17)10(2)13-6-5-9-20-15(13)14/h4-9H2,1-3H3. The maximum absolute atomic E-state index is 12.3. The summed E-state index contributed by atoms with van der Waals surface area (Å²) < 4.78 is 11.0. The summed E-state index contributed by atoms with van der Waals surface area (Å²) in [7, 11) is 0. The number of hydrogen-bond acceptors (Lipinski definition) is 3. The van der Waals surface area contributed by atoms with Gasteiger partial charge in [-0.2, -0.15) is 0 Å². The van der Waals surface area contributed by atoms with Crippen LogP contribution in [0.25, 0.3) is 0 Å². The van der Waals surface area contributed by atoms with Crippen LogP contribution < -0.4 is 4.74 Å². The zero-order chi connectivity index (χ0) is 14.7. The molecule has 0 aromatic heterocycles. The summed E-state index contributed by atoms with van der Waals surface area (Å²) in [5.74, 6) is 0.978. The Balaban J connectivity index is 2.64. The van der Waals surface area contributed by atoms with E-state index in [1.54, 1.807) is 0 Å². The van der Waals surface area contributed by atoms with E-state index >= 15 is 0 Å². The molecule has 1 aromatic rings. The van der Waals surface area contributed by atoms with Gasteiger partial charge >= 0.3 is 5.97 Å². The molecular formula is C16H21ClO3. The molecule has 0 bridgehead atoms. The van der Waals surface area contributed by atoms with Crippen LogP contribution in [0, 0.1) is 13.8 Å². The van der Waals surface area contributed by atoms with Crippen LogP contribution in [0.4, 0.5) is 0 Å². The zero-order valence-electron chi connectivity index (χ0n) is 12.3. The molecule has 2 rings (SSSR count). The Morgan fingerprint density at radius 1 is 1.35 bits per heavy atom. The van der Waals surface area contributed by atoms with Crippen molar-refractivity contribution in [3.8, 4) is 5.75 Å². The summed E-state index contributed by atoms with van der Waals surface area (Å²) in [5.41, 5.74) is 5.05. The Labute approximate surface area is 125 Å². The lowest BCUT2D eigenvalue weighted by molar-refractivity contribution is 0.0519. The second kappa shape index (κ2) is 6.49. The van der Waals surface area contributed by atoms with Crippen molar-refractivity contribution in [3.05, 3.63) is 27.8 Å². The van der Waals surface area contributed by atoms with E-state index in [0.717, 1.165) is 41.7 Å². The van der Waals surface area contributed by atoms with E-state index in [9.17, 15) is 4.79 Å². The number of ether oxygens (including phenoxy) is 2. The van der Waals surface area contributed by atoms with Gasteiger partial charge in [-0.15, -0.1) is 11.6 Å². The van der Waals surface area contributed by atoms with Crippen molar-refractivity contribution in [3.63, 3.8) is 0 Å². The number of hydrogen-bond donors (Lipinski definition) is 0. The highest BCUT2D eigenvalue weighted by Crippen LogP contribution is 2.37. The van der Waals surface area contributed by atoms with Gasteiger partial charge in [0.05, 0.1) is 13.2 Å². The van der Waals surface area contributed by atoms with Crippen molar-refractivity contribution in [2.24, 2.45) is 0 Å². The number of carbonyl (C=O) groups excluding carboxylic acids is 1. The fraction of sp³-hybridized carbons (Fsp3) is 0.562. The van der Waals surface area contributed by atoms with Crippen LogP contribution in [-0.2, 0) is 17.6 Å². The van der Waals surface area contributed by atoms with Crippen molar-refractivity contribution in [2.45, 2.75) is 40.0 Å². The quantitative estimate of drug-likeness (QED) is 0.629. The van der Waals surface area contributed by atoms with Crippen LogP contribution >= 0.6 is 11.6 Å². The summed E-state index contributed by atoms with van der Waals surface area (Å²) >= 11 is 5.91. The summed E-state index contributed by atoms with van der Waals surface area (Å²) in [4.78, 5) is 12.3. The van der Waals surface area contributed by atoms with Gasteiger partial charge in [-0.05, 0) is 62.3 Å². The third kappa shape index (κ3) is 2.64. The average molecular weight is 297 g/mol. The Kier molecular flexibility index (Phi) is 4.92. The number of benzene rings is 1. The minimum absolute atomic E-state index is 0.293. The SMILES string of the molecule is CCOC(=O)c1c(C)c(CCCl)c(C)c2c1OCCC2. The molecule has 3 nitrogen and oxygen atoms in total. The predicted octanol–water partition coefficient (Wildman–Crippen LogP) is 3.59. The maximum Gasteiger partial charge on any atom is 0.342 e. The first-order valence-corrected chi connectivity index (χ1v) is 7.66. The normalized spacial score (nSPS) is 13.6. The number of fused-ring (bicyclic) bond motifs is 1. The third-order valence-corrected chi connectivity index (χ3v) is 4.06. The molecule has 110 valence electrons. The van der Waals surface area contributed by atoms with E-state index in [4.69, 9.17) is 21.1 Å². The molecular weight excluding hydrogens is 276 g/mol. The molecule has 1 aliphatic rings. The zero-order valence-corrected chi connectivity index (χ0v) is 13.1. The Morgan fingerprint density at radius 2 is 2.10 bits per heavy atom.